The van der Waals surface area contributed by atoms with Gasteiger partial charge in [0.1, 0.15) is 13.2 Å². The molecule has 2 aliphatic heterocycles. The normalized spacial score (nSPS) is 25.3. The van der Waals surface area contributed by atoms with Crippen molar-refractivity contribution in [1.82, 2.24) is 4.90 Å². The van der Waals surface area contributed by atoms with Crippen molar-refractivity contribution >= 4 is 11.6 Å². The van der Waals surface area contributed by atoms with Gasteiger partial charge in [0.2, 0.25) is 0 Å². The third-order valence-corrected chi connectivity index (χ3v) is 4.99. The second kappa shape index (κ2) is 6.03. The number of hydrogen-bond acceptors (Lipinski definition) is 4. The topological polar surface area (TPSA) is 47.7 Å². The fourth-order valence-corrected chi connectivity index (χ4v) is 3.89. The fraction of sp³-hybridized carbons (Fsp3) is 0.625. The van der Waals surface area contributed by atoms with Crippen LogP contribution in [0, 0.1) is 5.92 Å². The lowest BCUT2D eigenvalue weighted by atomic mass is 9.93. The van der Waals surface area contributed by atoms with E-state index in [0.717, 1.165) is 31.7 Å². The molecule has 3 rings (SSSR count). The number of hydrogen-bond donors (Lipinski definition) is 1. The molecule has 0 aromatic heterocycles. The van der Waals surface area contributed by atoms with Gasteiger partial charge in [-0.05, 0) is 49.5 Å². The molecule has 2 unspecified atom stereocenters. The van der Waals surface area contributed by atoms with E-state index in [4.69, 9.17) is 26.8 Å². The summed E-state index contributed by atoms with van der Waals surface area (Å²) >= 11 is 6.58. The van der Waals surface area contributed by atoms with Crippen molar-refractivity contribution < 1.29 is 9.47 Å². The van der Waals surface area contributed by atoms with E-state index in [2.05, 4.69) is 24.9 Å². The molecule has 0 aliphatic carbocycles. The van der Waals surface area contributed by atoms with Crippen molar-refractivity contribution in [2.45, 2.75) is 25.8 Å². The third-order valence-electron chi connectivity index (χ3n) is 4.59. The molecular formula is C16H23ClN2O2. The molecule has 0 spiro atoms. The third kappa shape index (κ3) is 2.60. The van der Waals surface area contributed by atoms with Crippen LogP contribution < -0.4 is 15.2 Å². The first-order valence-electron chi connectivity index (χ1n) is 7.66. The van der Waals surface area contributed by atoms with Gasteiger partial charge in [0.25, 0.3) is 0 Å². The number of halogens is 1. The van der Waals surface area contributed by atoms with E-state index in [9.17, 15) is 0 Å². The van der Waals surface area contributed by atoms with Gasteiger partial charge in [0.15, 0.2) is 11.5 Å². The van der Waals surface area contributed by atoms with Gasteiger partial charge in [-0.25, -0.2) is 0 Å². The van der Waals surface area contributed by atoms with Crippen LogP contribution in [-0.4, -0.2) is 38.3 Å². The van der Waals surface area contributed by atoms with Crippen molar-refractivity contribution in [1.29, 1.82) is 0 Å². The first kappa shape index (κ1) is 14.9. The molecule has 1 aromatic rings. The van der Waals surface area contributed by atoms with Crippen LogP contribution in [0.4, 0.5) is 0 Å². The molecule has 0 amide bonds. The van der Waals surface area contributed by atoms with Gasteiger partial charge in [-0.15, -0.1) is 0 Å². The minimum absolute atomic E-state index is 0.363. The maximum Gasteiger partial charge on any atom is 0.180 e. The van der Waals surface area contributed by atoms with Crippen LogP contribution in [-0.2, 0) is 6.42 Å². The summed E-state index contributed by atoms with van der Waals surface area (Å²) in [5, 5.41) is 0.717. The van der Waals surface area contributed by atoms with Crippen LogP contribution in [0.15, 0.2) is 6.07 Å². The van der Waals surface area contributed by atoms with Crippen LogP contribution in [0.25, 0.3) is 0 Å². The molecule has 2 atom stereocenters. The number of benzene rings is 1. The molecule has 2 aliphatic rings. The molecule has 116 valence electrons. The highest BCUT2D eigenvalue weighted by atomic mass is 35.5. The van der Waals surface area contributed by atoms with E-state index in [1.54, 1.807) is 0 Å². The average molecular weight is 311 g/mol. The Morgan fingerprint density at radius 1 is 1.38 bits per heavy atom. The Morgan fingerprint density at radius 2 is 2.14 bits per heavy atom. The van der Waals surface area contributed by atoms with E-state index < -0.39 is 0 Å². The second-order valence-electron chi connectivity index (χ2n) is 5.93. The second-order valence-corrected chi connectivity index (χ2v) is 6.31. The zero-order valence-corrected chi connectivity index (χ0v) is 13.4. The molecule has 5 heteroatoms. The van der Waals surface area contributed by atoms with E-state index in [1.165, 1.54) is 11.1 Å². The first-order valence-corrected chi connectivity index (χ1v) is 8.04. The number of fused-ring (bicyclic) bond motifs is 1. The molecule has 0 radical (unpaired) electrons. The lowest BCUT2D eigenvalue weighted by molar-refractivity contribution is 0.171. The molecule has 21 heavy (non-hydrogen) atoms. The van der Waals surface area contributed by atoms with Gasteiger partial charge in [-0.1, -0.05) is 18.5 Å². The zero-order valence-electron chi connectivity index (χ0n) is 12.7. The summed E-state index contributed by atoms with van der Waals surface area (Å²) in [4.78, 5) is 2.37. The van der Waals surface area contributed by atoms with Crippen LogP contribution >= 0.6 is 11.6 Å². The lowest BCUT2D eigenvalue weighted by Crippen LogP contribution is -2.22. The number of nitrogens with two attached hydrogens (primary N) is 1. The van der Waals surface area contributed by atoms with Crippen LogP contribution in [0.1, 0.15) is 30.5 Å². The number of likely N-dealkylation sites (tertiary alicyclic amines) is 1. The van der Waals surface area contributed by atoms with Gasteiger partial charge in [0, 0.05) is 12.6 Å². The molecule has 1 fully saturated rings. The van der Waals surface area contributed by atoms with Crippen LogP contribution in [0.5, 0.6) is 11.5 Å². The summed E-state index contributed by atoms with van der Waals surface area (Å²) in [7, 11) is 2.16. The summed E-state index contributed by atoms with van der Waals surface area (Å²) in [6.45, 7) is 5.06. The minimum Gasteiger partial charge on any atom is -0.486 e. The van der Waals surface area contributed by atoms with Gasteiger partial charge < -0.3 is 15.2 Å². The lowest BCUT2D eigenvalue weighted by Gasteiger charge is -2.27. The smallest absolute Gasteiger partial charge is 0.180 e. The molecule has 1 saturated heterocycles. The molecule has 0 saturated carbocycles. The summed E-state index contributed by atoms with van der Waals surface area (Å²) in [6, 6.07) is 2.49. The number of rotatable bonds is 3. The van der Waals surface area contributed by atoms with E-state index in [-0.39, 0.29) is 0 Å². The van der Waals surface area contributed by atoms with Gasteiger partial charge in [-0.2, -0.15) is 0 Å². The summed E-state index contributed by atoms with van der Waals surface area (Å²) in [6.07, 6.45) is 1.97. The molecule has 2 heterocycles. The standard InChI is InChI=1S/C16H23ClN2O2/c1-3-11-12(13-6-10(8-18)9-19(13)2)7-14-16(15(11)17)21-5-4-20-14/h7,10,13H,3-6,8-9,18H2,1-2H3. The number of ether oxygens (including phenoxy) is 2. The molecule has 2 N–H and O–H groups in total. The Kier molecular flexibility index (Phi) is 4.29. The van der Waals surface area contributed by atoms with Crippen LogP contribution in [0.3, 0.4) is 0 Å². The van der Waals surface area contributed by atoms with Gasteiger partial charge in [0.05, 0.1) is 5.02 Å². The maximum absolute atomic E-state index is 6.58. The maximum atomic E-state index is 6.58. The highest BCUT2D eigenvalue weighted by molar-refractivity contribution is 6.33. The van der Waals surface area contributed by atoms with E-state index >= 15 is 0 Å². The SMILES string of the molecule is CCc1c(C2CC(CN)CN2C)cc2c(c1Cl)OCCO2. The Bertz CT molecular complexity index is 535. The molecule has 0 bridgehead atoms. The van der Waals surface area contributed by atoms with Gasteiger partial charge >= 0.3 is 0 Å². The van der Waals surface area contributed by atoms with Crippen molar-refractivity contribution in [3.63, 3.8) is 0 Å². The van der Waals surface area contributed by atoms with Crippen molar-refractivity contribution in [3.8, 4) is 11.5 Å². The van der Waals surface area contributed by atoms with E-state index in [1.807, 2.05) is 0 Å². The molecule has 4 nitrogen and oxygen atoms in total. The molecular weight excluding hydrogens is 288 g/mol. The van der Waals surface area contributed by atoms with E-state index in [0.29, 0.717) is 35.9 Å². The largest absolute Gasteiger partial charge is 0.486 e. The first-order chi connectivity index (χ1) is 10.2. The summed E-state index contributed by atoms with van der Waals surface area (Å²) in [5.74, 6) is 2.04. The number of nitrogens with zero attached hydrogens (tertiary/aromatic N) is 1. The summed E-state index contributed by atoms with van der Waals surface area (Å²) in [5.41, 5.74) is 8.30. The summed E-state index contributed by atoms with van der Waals surface area (Å²) < 4.78 is 11.4. The minimum atomic E-state index is 0.363. The average Bonchev–Trinajstić information content (AvgIpc) is 2.88. The highest BCUT2D eigenvalue weighted by Gasteiger charge is 2.33. The molecule has 1 aromatic carbocycles. The van der Waals surface area contributed by atoms with Crippen molar-refractivity contribution in [2.75, 3.05) is 33.4 Å². The van der Waals surface area contributed by atoms with Crippen molar-refractivity contribution in [3.05, 3.63) is 22.2 Å². The predicted octanol–water partition coefficient (Wildman–Crippen LogP) is 2.63. The van der Waals surface area contributed by atoms with Crippen LogP contribution in [0.2, 0.25) is 5.02 Å². The fourth-order valence-electron chi connectivity index (χ4n) is 3.50. The Labute approximate surface area is 131 Å². The quantitative estimate of drug-likeness (QED) is 0.932. The Balaban J connectivity index is 2.03. The highest BCUT2D eigenvalue weighted by Crippen LogP contribution is 2.46. The predicted molar refractivity (Wildman–Crippen MR) is 84.4 cm³/mol. The Morgan fingerprint density at radius 3 is 2.81 bits per heavy atom. The monoisotopic (exact) mass is 310 g/mol. The zero-order chi connectivity index (χ0) is 15.0. The van der Waals surface area contributed by atoms with Gasteiger partial charge in [-0.3, -0.25) is 4.90 Å². The van der Waals surface area contributed by atoms with Crippen molar-refractivity contribution in [2.24, 2.45) is 11.7 Å². The Hall–Kier alpha value is -0.970.